The molecule has 1 aliphatic rings. The van der Waals surface area contributed by atoms with Gasteiger partial charge in [-0.2, -0.15) is 4.98 Å². The smallest absolute Gasteiger partial charge is 0.239 e. The molecule has 1 saturated carbocycles. The van der Waals surface area contributed by atoms with Crippen molar-refractivity contribution in [2.45, 2.75) is 40.5 Å². The quantitative estimate of drug-likeness (QED) is 0.835. The third-order valence-corrected chi connectivity index (χ3v) is 4.11. The molecule has 0 aliphatic heterocycles. The van der Waals surface area contributed by atoms with Crippen molar-refractivity contribution in [3.05, 3.63) is 12.1 Å². The number of aromatic nitrogens is 1. The molecular formula is C16H27N3O. The maximum Gasteiger partial charge on any atom is 0.239 e. The summed E-state index contributed by atoms with van der Waals surface area (Å²) in [6.45, 7) is 10.6. The Labute approximate surface area is 122 Å². The molecule has 0 radical (unpaired) electrons. The van der Waals surface area contributed by atoms with Gasteiger partial charge in [0.05, 0.1) is 12.3 Å². The first-order valence-corrected chi connectivity index (χ1v) is 7.49. The molecule has 4 heteroatoms. The summed E-state index contributed by atoms with van der Waals surface area (Å²) >= 11 is 0. The summed E-state index contributed by atoms with van der Waals surface area (Å²) in [6, 6.07) is 3.77. The van der Waals surface area contributed by atoms with Crippen molar-refractivity contribution in [1.82, 2.24) is 4.98 Å². The molecule has 1 aliphatic carbocycles. The molecule has 2 rings (SSSR count). The van der Waals surface area contributed by atoms with Crippen molar-refractivity contribution in [3.8, 4) is 5.88 Å². The minimum Gasteiger partial charge on any atom is -0.476 e. The second kappa shape index (κ2) is 5.90. The molecule has 1 fully saturated rings. The van der Waals surface area contributed by atoms with Crippen LogP contribution in [0.15, 0.2) is 12.1 Å². The topological polar surface area (TPSA) is 60.2 Å². The Morgan fingerprint density at radius 2 is 2.10 bits per heavy atom. The first-order valence-electron chi connectivity index (χ1n) is 7.49. The Hall–Kier alpha value is -1.45. The fraction of sp³-hybridized carbons (Fsp3) is 0.688. The van der Waals surface area contributed by atoms with Crippen molar-refractivity contribution >= 4 is 11.5 Å². The Balaban J connectivity index is 1.92. The molecule has 1 aromatic rings. The van der Waals surface area contributed by atoms with Gasteiger partial charge in [-0.3, -0.25) is 0 Å². The third kappa shape index (κ3) is 4.29. The molecule has 3 N–H and O–H groups in total. The van der Waals surface area contributed by atoms with Gasteiger partial charge in [-0.05, 0) is 42.2 Å². The van der Waals surface area contributed by atoms with Crippen LogP contribution in [-0.4, -0.2) is 18.1 Å². The lowest BCUT2D eigenvalue weighted by Gasteiger charge is -2.27. The van der Waals surface area contributed by atoms with Crippen LogP contribution in [0.1, 0.15) is 40.5 Å². The van der Waals surface area contributed by atoms with Crippen LogP contribution in [-0.2, 0) is 0 Å². The number of nitrogens with one attached hydrogen (secondary N) is 1. The van der Waals surface area contributed by atoms with Gasteiger partial charge in [0.1, 0.15) is 5.82 Å². The monoisotopic (exact) mass is 277 g/mol. The molecule has 0 bridgehead atoms. The molecule has 0 spiro atoms. The first kappa shape index (κ1) is 14.9. The van der Waals surface area contributed by atoms with E-state index in [0.29, 0.717) is 23.4 Å². The van der Waals surface area contributed by atoms with E-state index in [9.17, 15) is 0 Å². The van der Waals surface area contributed by atoms with E-state index in [2.05, 4.69) is 38.0 Å². The van der Waals surface area contributed by atoms with Gasteiger partial charge in [0.15, 0.2) is 0 Å². The highest BCUT2D eigenvalue weighted by molar-refractivity contribution is 5.53. The van der Waals surface area contributed by atoms with E-state index in [1.54, 1.807) is 0 Å². The van der Waals surface area contributed by atoms with Crippen LogP contribution in [0.2, 0.25) is 0 Å². The fourth-order valence-electron chi connectivity index (χ4n) is 1.71. The van der Waals surface area contributed by atoms with E-state index < -0.39 is 0 Å². The number of hydrogen-bond donors (Lipinski definition) is 2. The van der Waals surface area contributed by atoms with Crippen molar-refractivity contribution in [2.24, 2.45) is 17.3 Å². The maximum absolute atomic E-state index is 5.91. The predicted molar refractivity (Wildman–Crippen MR) is 84.0 cm³/mol. The van der Waals surface area contributed by atoms with Crippen LogP contribution >= 0.6 is 0 Å². The standard InChI is InChI=1S/C16H27N3O/c1-11(16(2,3)4)9-18-14-8-7-13(17)15(19-14)20-10-12-5-6-12/h7-8,11-12H,5-6,9-10,17H2,1-4H3,(H,18,19). The number of anilines is 2. The second-order valence-corrected chi connectivity index (χ2v) is 6.99. The fourth-order valence-corrected chi connectivity index (χ4v) is 1.71. The molecule has 0 saturated heterocycles. The lowest BCUT2D eigenvalue weighted by Crippen LogP contribution is -2.25. The number of nitrogens with two attached hydrogens (primary N) is 1. The third-order valence-electron chi connectivity index (χ3n) is 4.11. The lowest BCUT2D eigenvalue weighted by atomic mass is 9.82. The summed E-state index contributed by atoms with van der Waals surface area (Å²) in [5.41, 5.74) is 6.80. The van der Waals surface area contributed by atoms with Crippen LogP contribution in [0.3, 0.4) is 0 Å². The zero-order valence-corrected chi connectivity index (χ0v) is 13.1. The first-order chi connectivity index (χ1) is 9.36. The molecule has 1 atom stereocenters. The van der Waals surface area contributed by atoms with Gasteiger partial charge in [0, 0.05) is 6.54 Å². The average molecular weight is 277 g/mol. The molecular weight excluding hydrogens is 250 g/mol. The van der Waals surface area contributed by atoms with E-state index in [-0.39, 0.29) is 5.41 Å². The van der Waals surface area contributed by atoms with Gasteiger partial charge in [0.2, 0.25) is 5.88 Å². The zero-order valence-electron chi connectivity index (χ0n) is 13.1. The molecule has 1 heterocycles. The predicted octanol–water partition coefficient (Wildman–Crippen LogP) is 3.55. The van der Waals surface area contributed by atoms with Gasteiger partial charge in [0.25, 0.3) is 0 Å². The highest BCUT2D eigenvalue weighted by Crippen LogP contribution is 2.31. The minimum atomic E-state index is 0.284. The molecule has 112 valence electrons. The summed E-state index contributed by atoms with van der Waals surface area (Å²) < 4.78 is 5.70. The van der Waals surface area contributed by atoms with Crippen molar-refractivity contribution < 1.29 is 4.74 Å². The highest BCUT2D eigenvalue weighted by Gasteiger charge is 2.23. The average Bonchev–Trinajstić information content (AvgIpc) is 3.18. The largest absolute Gasteiger partial charge is 0.476 e. The summed E-state index contributed by atoms with van der Waals surface area (Å²) in [6.07, 6.45) is 2.53. The van der Waals surface area contributed by atoms with Crippen molar-refractivity contribution in [2.75, 3.05) is 24.2 Å². The lowest BCUT2D eigenvalue weighted by molar-refractivity contribution is 0.274. The van der Waals surface area contributed by atoms with Crippen LogP contribution < -0.4 is 15.8 Å². The van der Waals surface area contributed by atoms with E-state index in [0.717, 1.165) is 19.0 Å². The Morgan fingerprint density at radius 1 is 1.40 bits per heavy atom. The van der Waals surface area contributed by atoms with Gasteiger partial charge < -0.3 is 15.8 Å². The molecule has 1 aromatic heterocycles. The van der Waals surface area contributed by atoms with Gasteiger partial charge >= 0.3 is 0 Å². The van der Waals surface area contributed by atoms with Crippen molar-refractivity contribution in [1.29, 1.82) is 0 Å². The van der Waals surface area contributed by atoms with E-state index >= 15 is 0 Å². The summed E-state index contributed by atoms with van der Waals surface area (Å²) in [5.74, 6) is 2.65. The zero-order chi connectivity index (χ0) is 14.8. The summed E-state index contributed by atoms with van der Waals surface area (Å²) in [4.78, 5) is 4.47. The minimum absolute atomic E-state index is 0.284. The number of pyridine rings is 1. The van der Waals surface area contributed by atoms with E-state index in [1.165, 1.54) is 12.8 Å². The molecule has 0 aromatic carbocycles. The van der Waals surface area contributed by atoms with Crippen molar-refractivity contribution in [3.63, 3.8) is 0 Å². The van der Waals surface area contributed by atoms with Crippen LogP contribution in [0.4, 0.5) is 11.5 Å². The highest BCUT2D eigenvalue weighted by atomic mass is 16.5. The SMILES string of the molecule is CC(CNc1ccc(N)c(OCC2CC2)n1)C(C)(C)C. The van der Waals surface area contributed by atoms with Gasteiger partial charge in [-0.15, -0.1) is 0 Å². The Kier molecular flexibility index (Phi) is 4.41. The molecule has 0 amide bonds. The van der Waals surface area contributed by atoms with Crippen LogP contribution in [0.25, 0.3) is 0 Å². The maximum atomic E-state index is 5.91. The second-order valence-electron chi connectivity index (χ2n) is 6.99. The number of rotatable bonds is 6. The molecule has 1 unspecified atom stereocenters. The van der Waals surface area contributed by atoms with Crippen LogP contribution in [0, 0.1) is 17.3 Å². The number of nitrogen functional groups attached to an aromatic ring is 1. The van der Waals surface area contributed by atoms with Gasteiger partial charge in [-0.1, -0.05) is 27.7 Å². The van der Waals surface area contributed by atoms with E-state index in [4.69, 9.17) is 10.5 Å². The van der Waals surface area contributed by atoms with Gasteiger partial charge in [-0.25, -0.2) is 0 Å². The van der Waals surface area contributed by atoms with E-state index in [1.807, 2.05) is 12.1 Å². The number of nitrogens with zero attached hydrogens (tertiary/aromatic N) is 1. The van der Waals surface area contributed by atoms with Crippen LogP contribution in [0.5, 0.6) is 5.88 Å². The Bertz CT molecular complexity index is 450. The summed E-state index contributed by atoms with van der Waals surface area (Å²) in [5, 5.41) is 3.38. The Morgan fingerprint density at radius 3 is 2.70 bits per heavy atom. The summed E-state index contributed by atoms with van der Waals surface area (Å²) in [7, 11) is 0. The normalized spacial score (nSPS) is 16.8. The molecule has 20 heavy (non-hydrogen) atoms. The number of ether oxygens (including phenoxy) is 1. The number of hydrogen-bond acceptors (Lipinski definition) is 4. The molecule has 4 nitrogen and oxygen atoms in total.